The number of carbonyl (C=O) groups excluding carboxylic acids is 2. The molecular weight excluding hydrogens is 454 g/mol. The molecule has 0 bridgehead atoms. The third-order valence-electron chi connectivity index (χ3n) is 7.90. The second kappa shape index (κ2) is 10.8. The summed E-state index contributed by atoms with van der Waals surface area (Å²) in [6, 6.07) is 8.39. The number of nitrogens with zero attached hydrogens (tertiary/aromatic N) is 1. The second-order valence-electron chi connectivity index (χ2n) is 11.3. The van der Waals surface area contributed by atoms with E-state index in [0.717, 1.165) is 61.9 Å². The average molecular weight is 496 g/mol. The minimum absolute atomic E-state index is 0.0206. The van der Waals surface area contributed by atoms with E-state index in [-0.39, 0.29) is 17.2 Å². The molecule has 1 aromatic carbocycles. The largest absolute Gasteiger partial charge is 0.322 e. The van der Waals surface area contributed by atoms with Crippen molar-refractivity contribution in [2.75, 3.05) is 23.7 Å². The van der Waals surface area contributed by atoms with E-state index in [1.165, 1.54) is 11.3 Å². The van der Waals surface area contributed by atoms with Crippen molar-refractivity contribution in [2.24, 2.45) is 11.3 Å². The molecule has 1 aliphatic heterocycles. The average Bonchev–Trinajstić information content (AvgIpc) is 3.17. The van der Waals surface area contributed by atoms with Crippen LogP contribution in [0.3, 0.4) is 0 Å². The molecule has 5 nitrogen and oxygen atoms in total. The fourth-order valence-electron chi connectivity index (χ4n) is 5.53. The van der Waals surface area contributed by atoms with Gasteiger partial charge in [0.1, 0.15) is 5.00 Å². The number of fused-ring (bicyclic) bond motifs is 1. The highest BCUT2D eigenvalue weighted by Crippen LogP contribution is 2.44. The minimum Gasteiger partial charge on any atom is -0.322 e. The lowest BCUT2D eigenvalue weighted by Gasteiger charge is -2.33. The third-order valence-corrected chi connectivity index (χ3v) is 9.07. The van der Waals surface area contributed by atoms with E-state index in [4.69, 9.17) is 0 Å². The molecule has 1 saturated heterocycles. The fraction of sp³-hybridized carbons (Fsp3) is 0.586. The Bertz CT molecular complexity index is 1070. The summed E-state index contributed by atoms with van der Waals surface area (Å²) in [5.41, 5.74) is 3.98. The van der Waals surface area contributed by atoms with Crippen molar-refractivity contribution in [2.45, 2.75) is 85.6 Å². The van der Waals surface area contributed by atoms with Crippen molar-refractivity contribution < 1.29 is 9.59 Å². The summed E-state index contributed by atoms with van der Waals surface area (Å²) in [5, 5.41) is 7.04. The van der Waals surface area contributed by atoms with Crippen molar-refractivity contribution in [3.63, 3.8) is 0 Å². The quantitative estimate of drug-likeness (QED) is 0.479. The van der Waals surface area contributed by atoms with Crippen LogP contribution < -0.4 is 10.6 Å². The maximum Gasteiger partial charge on any atom is 0.258 e. The minimum atomic E-state index is -0.112. The predicted molar refractivity (Wildman–Crippen MR) is 147 cm³/mol. The van der Waals surface area contributed by atoms with Crippen molar-refractivity contribution in [3.05, 3.63) is 45.8 Å². The molecule has 2 N–H and O–H groups in total. The molecule has 2 heterocycles. The molecule has 1 fully saturated rings. The highest BCUT2D eigenvalue weighted by molar-refractivity contribution is 7.17. The first-order chi connectivity index (χ1) is 16.7. The lowest BCUT2D eigenvalue weighted by molar-refractivity contribution is -0.118. The molecule has 0 saturated carbocycles. The molecule has 1 aliphatic carbocycles. The zero-order valence-electron chi connectivity index (χ0n) is 22.0. The standard InChI is InChI=1S/C29H41N3O2S/c1-6-20-12-7-8-13-23(20)30-27(34)26-22-15-14-21(29(3,4)5)17-24(22)35-28(26)31-25(33)18-32-16-10-9-11-19(32)2/h7-8,12-13,19,21H,6,9-11,14-18H2,1-5H3,(H,30,34)(H,31,33). The summed E-state index contributed by atoms with van der Waals surface area (Å²) in [4.78, 5) is 30.3. The summed E-state index contributed by atoms with van der Waals surface area (Å²) in [7, 11) is 0. The van der Waals surface area contributed by atoms with Crippen LogP contribution in [0.1, 0.15) is 86.7 Å². The Balaban J connectivity index is 1.61. The Morgan fingerprint density at radius 1 is 1.11 bits per heavy atom. The van der Waals surface area contributed by atoms with E-state index in [0.29, 0.717) is 29.1 Å². The number of nitrogens with one attached hydrogen (secondary N) is 2. The van der Waals surface area contributed by atoms with Crippen molar-refractivity contribution in [1.82, 2.24) is 4.90 Å². The summed E-state index contributed by atoms with van der Waals surface area (Å²) in [5.74, 6) is 0.440. The van der Waals surface area contributed by atoms with E-state index in [2.05, 4.69) is 56.2 Å². The lowest BCUT2D eigenvalue weighted by atomic mass is 9.72. The number of carbonyl (C=O) groups is 2. The Labute approximate surface area is 214 Å². The van der Waals surface area contributed by atoms with Crippen molar-refractivity contribution >= 4 is 33.8 Å². The maximum atomic E-state index is 13.7. The van der Waals surface area contributed by atoms with Crippen LogP contribution in [0.4, 0.5) is 10.7 Å². The number of aryl methyl sites for hydroxylation is 1. The van der Waals surface area contributed by atoms with Gasteiger partial charge in [0.05, 0.1) is 12.1 Å². The number of hydrogen-bond donors (Lipinski definition) is 2. The number of hydrogen-bond acceptors (Lipinski definition) is 4. The Kier molecular flexibility index (Phi) is 8.02. The molecule has 1 aromatic heterocycles. The SMILES string of the molecule is CCc1ccccc1NC(=O)c1c(NC(=O)CN2CCCCC2C)sc2c1CCC(C(C)(C)C)C2. The number of anilines is 2. The van der Waals surface area contributed by atoms with E-state index in [9.17, 15) is 9.59 Å². The lowest BCUT2D eigenvalue weighted by Crippen LogP contribution is -2.42. The van der Waals surface area contributed by atoms with Gasteiger partial charge in [0.2, 0.25) is 5.91 Å². The smallest absolute Gasteiger partial charge is 0.258 e. The number of amides is 2. The topological polar surface area (TPSA) is 61.4 Å². The van der Waals surface area contributed by atoms with E-state index in [1.807, 2.05) is 18.2 Å². The highest BCUT2D eigenvalue weighted by Gasteiger charge is 2.34. The molecule has 0 radical (unpaired) electrons. The Hall–Kier alpha value is -2.18. The van der Waals surface area contributed by atoms with Gasteiger partial charge in [0, 0.05) is 16.6 Å². The zero-order valence-corrected chi connectivity index (χ0v) is 22.8. The van der Waals surface area contributed by atoms with Gasteiger partial charge in [-0.05, 0) is 80.5 Å². The van der Waals surface area contributed by atoms with Crippen molar-refractivity contribution in [1.29, 1.82) is 0 Å². The molecule has 2 unspecified atom stereocenters. The molecule has 2 aliphatic rings. The summed E-state index contributed by atoms with van der Waals surface area (Å²) >= 11 is 1.61. The van der Waals surface area contributed by atoms with Gasteiger partial charge in [-0.25, -0.2) is 0 Å². The number of thiophene rings is 1. The van der Waals surface area contributed by atoms with Crippen LogP contribution in [-0.2, 0) is 24.1 Å². The number of piperidine rings is 1. The van der Waals surface area contributed by atoms with Gasteiger partial charge in [0.25, 0.3) is 5.91 Å². The predicted octanol–water partition coefficient (Wildman–Crippen LogP) is 6.53. The summed E-state index contributed by atoms with van der Waals surface area (Å²) in [6.07, 6.45) is 7.28. The molecule has 0 spiro atoms. The summed E-state index contributed by atoms with van der Waals surface area (Å²) in [6.45, 7) is 12.5. The van der Waals surface area contributed by atoms with Crippen LogP contribution in [0, 0.1) is 11.3 Å². The molecular formula is C29H41N3O2S. The van der Waals surface area contributed by atoms with Gasteiger partial charge in [-0.2, -0.15) is 0 Å². The number of rotatable bonds is 6. The number of para-hydroxylation sites is 1. The van der Waals surface area contributed by atoms with Crippen LogP contribution in [0.15, 0.2) is 24.3 Å². The normalized spacial score (nSPS) is 20.8. The Morgan fingerprint density at radius 2 is 1.89 bits per heavy atom. The van der Waals surface area contributed by atoms with E-state index >= 15 is 0 Å². The van der Waals surface area contributed by atoms with Gasteiger partial charge in [-0.1, -0.05) is 52.3 Å². The first-order valence-electron chi connectivity index (χ1n) is 13.2. The van der Waals surface area contributed by atoms with Gasteiger partial charge >= 0.3 is 0 Å². The van der Waals surface area contributed by atoms with Gasteiger partial charge in [0.15, 0.2) is 0 Å². The van der Waals surface area contributed by atoms with Gasteiger partial charge in [-0.3, -0.25) is 14.5 Å². The van der Waals surface area contributed by atoms with Crippen LogP contribution in [0.25, 0.3) is 0 Å². The van der Waals surface area contributed by atoms with Crippen LogP contribution >= 0.6 is 11.3 Å². The van der Waals surface area contributed by atoms with E-state index < -0.39 is 0 Å². The number of likely N-dealkylation sites (tertiary alicyclic amines) is 1. The fourth-order valence-corrected chi connectivity index (χ4v) is 6.87. The first kappa shape index (κ1) is 25.9. The second-order valence-corrected chi connectivity index (χ2v) is 12.4. The molecule has 4 rings (SSSR count). The molecule has 6 heteroatoms. The highest BCUT2D eigenvalue weighted by atomic mass is 32.1. The van der Waals surface area contributed by atoms with Gasteiger partial charge < -0.3 is 10.6 Å². The third kappa shape index (κ3) is 5.97. The first-order valence-corrected chi connectivity index (χ1v) is 14.1. The molecule has 35 heavy (non-hydrogen) atoms. The number of benzene rings is 1. The van der Waals surface area contributed by atoms with Crippen LogP contribution in [0.5, 0.6) is 0 Å². The van der Waals surface area contributed by atoms with Crippen LogP contribution in [0.2, 0.25) is 0 Å². The molecule has 190 valence electrons. The van der Waals surface area contributed by atoms with Crippen molar-refractivity contribution in [3.8, 4) is 0 Å². The van der Waals surface area contributed by atoms with Crippen LogP contribution in [-0.4, -0.2) is 35.8 Å². The maximum absolute atomic E-state index is 13.7. The molecule has 2 aromatic rings. The zero-order chi connectivity index (χ0) is 25.2. The monoisotopic (exact) mass is 495 g/mol. The molecule has 2 atom stereocenters. The van der Waals surface area contributed by atoms with E-state index in [1.54, 1.807) is 11.3 Å². The molecule has 2 amide bonds. The summed E-state index contributed by atoms with van der Waals surface area (Å²) < 4.78 is 0. The van der Waals surface area contributed by atoms with Gasteiger partial charge in [-0.15, -0.1) is 11.3 Å². The Morgan fingerprint density at radius 3 is 2.60 bits per heavy atom.